The van der Waals surface area contributed by atoms with Crippen molar-refractivity contribution in [2.45, 2.75) is 11.7 Å². The van der Waals surface area contributed by atoms with Crippen LogP contribution >= 0.6 is 27.7 Å². The molecule has 0 unspecified atom stereocenters. The SMILES string of the molecule is O=C(CSc1nccn1Cc1ccccc1)c1ccc(Br)cc1. The first-order valence-electron chi connectivity index (χ1n) is 7.19. The van der Waals surface area contributed by atoms with Gasteiger partial charge in [0, 0.05) is 29.0 Å². The summed E-state index contributed by atoms with van der Waals surface area (Å²) in [6.45, 7) is 0.760. The second-order valence-electron chi connectivity index (χ2n) is 5.04. The predicted octanol–water partition coefficient (Wildman–Crippen LogP) is 4.67. The molecule has 0 aliphatic carbocycles. The Labute approximate surface area is 147 Å². The van der Waals surface area contributed by atoms with E-state index in [4.69, 9.17) is 0 Å². The molecule has 0 N–H and O–H groups in total. The summed E-state index contributed by atoms with van der Waals surface area (Å²) in [6, 6.07) is 17.7. The Kier molecular flexibility index (Phi) is 5.31. The van der Waals surface area contributed by atoms with E-state index in [9.17, 15) is 4.79 Å². The minimum atomic E-state index is 0.108. The van der Waals surface area contributed by atoms with Crippen LogP contribution in [-0.2, 0) is 6.54 Å². The molecule has 3 nitrogen and oxygen atoms in total. The van der Waals surface area contributed by atoms with Crippen LogP contribution in [0.15, 0.2) is 76.6 Å². The molecule has 0 saturated carbocycles. The van der Waals surface area contributed by atoms with Crippen molar-refractivity contribution in [3.8, 4) is 0 Å². The van der Waals surface area contributed by atoms with E-state index in [1.807, 2.05) is 48.7 Å². The monoisotopic (exact) mass is 386 g/mol. The van der Waals surface area contributed by atoms with E-state index in [-0.39, 0.29) is 5.78 Å². The largest absolute Gasteiger partial charge is 0.322 e. The van der Waals surface area contributed by atoms with Crippen LogP contribution in [0, 0.1) is 0 Å². The third-order valence-electron chi connectivity index (χ3n) is 3.37. The van der Waals surface area contributed by atoms with E-state index >= 15 is 0 Å². The number of ketones is 1. The lowest BCUT2D eigenvalue weighted by molar-refractivity contribution is 0.102. The van der Waals surface area contributed by atoms with Crippen LogP contribution in [0.5, 0.6) is 0 Å². The Bertz CT molecular complexity index is 784. The van der Waals surface area contributed by atoms with Crippen LogP contribution in [0.3, 0.4) is 0 Å². The highest BCUT2D eigenvalue weighted by molar-refractivity contribution is 9.10. The van der Waals surface area contributed by atoms with E-state index in [1.54, 1.807) is 6.20 Å². The molecule has 23 heavy (non-hydrogen) atoms. The van der Waals surface area contributed by atoms with Gasteiger partial charge < -0.3 is 4.57 Å². The zero-order valence-corrected chi connectivity index (χ0v) is 14.8. The van der Waals surface area contributed by atoms with Gasteiger partial charge in [-0.05, 0) is 17.7 Å². The molecule has 116 valence electrons. The van der Waals surface area contributed by atoms with Crippen LogP contribution in [-0.4, -0.2) is 21.1 Å². The standard InChI is InChI=1S/C18H15BrN2OS/c19-16-8-6-15(7-9-16)17(22)13-23-18-20-10-11-21(18)12-14-4-2-1-3-5-14/h1-11H,12-13H2. The van der Waals surface area contributed by atoms with Gasteiger partial charge >= 0.3 is 0 Å². The maximum Gasteiger partial charge on any atom is 0.173 e. The number of rotatable bonds is 6. The Hall–Kier alpha value is -1.85. The highest BCUT2D eigenvalue weighted by Gasteiger charge is 2.10. The molecule has 0 amide bonds. The summed E-state index contributed by atoms with van der Waals surface area (Å²) in [5.74, 6) is 0.490. The Morgan fingerprint density at radius 1 is 1.09 bits per heavy atom. The summed E-state index contributed by atoms with van der Waals surface area (Å²) in [5, 5.41) is 0.860. The number of imidazole rings is 1. The number of carbonyl (C=O) groups is 1. The van der Waals surface area contributed by atoms with Crippen molar-refractivity contribution in [2.24, 2.45) is 0 Å². The summed E-state index contributed by atoms with van der Waals surface area (Å²) in [7, 11) is 0. The smallest absolute Gasteiger partial charge is 0.173 e. The van der Waals surface area contributed by atoms with Crippen molar-refractivity contribution in [3.05, 3.63) is 82.6 Å². The van der Waals surface area contributed by atoms with Gasteiger partial charge in [-0.15, -0.1) is 0 Å². The highest BCUT2D eigenvalue weighted by Crippen LogP contribution is 2.19. The first-order chi connectivity index (χ1) is 11.2. The summed E-state index contributed by atoms with van der Waals surface area (Å²) < 4.78 is 3.04. The lowest BCUT2D eigenvalue weighted by Gasteiger charge is -2.07. The number of benzene rings is 2. The van der Waals surface area contributed by atoms with Crippen molar-refractivity contribution in [1.29, 1.82) is 0 Å². The van der Waals surface area contributed by atoms with Crippen LogP contribution in [0.2, 0.25) is 0 Å². The number of carbonyl (C=O) groups excluding carboxylic acids is 1. The first kappa shape index (κ1) is 16.0. The molecule has 0 saturated heterocycles. The number of halogens is 1. The quantitative estimate of drug-likeness (QED) is 0.456. The van der Waals surface area contributed by atoms with Gasteiger partial charge in [0.25, 0.3) is 0 Å². The van der Waals surface area contributed by atoms with E-state index in [0.29, 0.717) is 5.75 Å². The lowest BCUT2D eigenvalue weighted by Crippen LogP contribution is -2.05. The molecule has 3 rings (SSSR count). The van der Waals surface area contributed by atoms with Crippen molar-refractivity contribution in [1.82, 2.24) is 9.55 Å². The second-order valence-corrected chi connectivity index (χ2v) is 6.90. The van der Waals surface area contributed by atoms with Crippen LogP contribution < -0.4 is 0 Å². The van der Waals surface area contributed by atoms with Crippen molar-refractivity contribution in [3.63, 3.8) is 0 Å². The van der Waals surface area contributed by atoms with Gasteiger partial charge in [0.15, 0.2) is 10.9 Å². The molecule has 0 aliphatic rings. The summed E-state index contributed by atoms with van der Waals surface area (Å²) in [6.07, 6.45) is 3.72. The maximum absolute atomic E-state index is 12.2. The fourth-order valence-corrected chi connectivity index (χ4v) is 3.30. The third kappa shape index (κ3) is 4.33. The molecular weight excluding hydrogens is 372 g/mol. The zero-order valence-electron chi connectivity index (χ0n) is 12.4. The number of aromatic nitrogens is 2. The van der Waals surface area contributed by atoms with Gasteiger partial charge in [-0.2, -0.15) is 0 Å². The summed E-state index contributed by atoms with van der Waals surface area (Å²) in [5.41, 5.74) is 1.94. The Morgan fingerprint density at radius 2 is 1.83 bits per heavy atom. The fourth-order valence-electron chi connectivity index (χ4n) is 2.19. The van der Waals surface area contributed by atoms with E-state index in [0.717, 1.165) is 21.7 Å². The molecule has 0 spiro atoms. The van der Waals surface area contributed by atoms with Crippen molar-refractivity contribution < 1.29 is 4.79 Å². The molecule has 0 radical (unpaired) electrons. The third-order valence-corrected chi connectivity index (χ3v) is 4.90. The molecule has 0 bridgehead atoms. The molecule has 1 aromatic heterocycles. The lowest BCUT2D eigenvalue weighted by atomic mass is 10.2. The van der Waals surface area contributed by atoms with E-state index in [2.05, 4.69) is 37.6 Å². The molecule has 3 aromatic rings. The van der Waals surface area contributed by atoms with Crippen molar-refractivity contribution in [2.75, 3.05) is 5.75 Å². The van der Waals surface area contributed by atoms with Crippen LogP contribution in [0.25, 0.3) is 0 Å². The van der Waals surface area contributed by atoms with Crippen LogP contribution in [0.4, 0.5) is 0 Å². The average molecular weight is 387 g/mol. The molecule has 0 fully saturated rings. The number of hydrogen-bond acceptors (Lipinski definition) is 3. The van der Waals surface area contributed by atoms with Gasteiger partial charge in [-0.3, -0.25) is 4.79 Å². The Morgan fingerprint density at radius 3 is 2.57 bits per heavy atom. The molecular formula is C18H15BrN2OS. The van der Waals surface area contributed by atoms with Gasteiger partial charge in [0.2, 0.25) is 0 Å². The number of thioether (sulfide) groups is 1. The predicted molar refractivity (Wildman–Crippen MR) is 97.0 cm³/mol. The van der Waals surface area contributed by atoms with Gasteiger partial charge in [-0.1, -0.05) is 70.2 Å². The molecule has 5 heteroatoms. The Balaban J connectivity index is 1.64. The van der Waals surface area contributed by atoms with Crippen molar-refractivity contribution >= 4 is 33.5 Å². The summed E-state index contributed by atoms with van der Waals surface area (Å²) >= 11 is 4.85. The maximum atomic E-state index is 12.2. The first-order valence-corrected chi connectivity index (χ1v) is 8.97. The molecule has 0 atom stereocenters. The highest BCUT2D eigenvalue weighted by atomic mass is 79.9. The summed E-state index contributed by atoms with van der Waals surface area (Å²) in [4.78, 5) is 16.6. The van der Waals surface area contributed by atoms with Crippen LogP contribution in [0.1, 0.15) is 15.9 Å². The van der Waals surface area contributed by atoms with Gasteiger partial charge in [0.05, 0.1) is 5.75 Å². The normalized spacial score (nSPS) is 10.7. The average Bonchev–Trinajstić information content (AvgIpc) is 3.01. The second kappa shape index (κ2) is 7.62. The fraction of sp³-hybridized carbons (Fsp3) is 0.111. The van der Waals surface area contributed by atoms with Gasteiger partial charge in [-0.25, -0.2) is 4.98 Å². The zero-order chi connectivity index (χ0) is 16.1. The minimum absolute atomic E-state index is 0.108. The topological polar surface area (TPSA) is 34.9 Å². The number of hydrogen-bond donors (Lipinski definition) is 0. The van der Waals surface area contributed by atoms with E-state index < -0.39 is 0 Å². The van der Waals surface area contributed by atoms with E-state index in [1.165, 1.54) is 17.3 Å². The molecule has 1 heterocycles. The minimum Gasteiger partial charge on any atom is -0.322 e. The number of Topliss-reactive ketones (excluding diaryl/α,β-unsaturated/α-hetero) is 1. The molecule has 2 aromatic carbocycles. The number of nitrogens with zero attached hydrogens (tertiary/aromatic N) is 2. The molecule has 0 aliphatic heterocycles. The van der Waals surface area contributed by atoms with Gasteiger partial charge in [0.1, 0.15) is 0 Å².